The number of benzene rings is 2. The van der Waals surface area contributed by atoms with Gasteiger partial charge in [0.2, 0.25) is 11.8 Å². The molecule has 0 saturated carbocycles. The molecule has 2 aromatic rings. The Bertz CT molecular complexity index is 922. The molecule has 0 atom stereocenters. The highest BCUT2D eigenvalue weighted by atomic mass is 35.5. The zero-order valence-electron chi connectivity index (χ0n) is 15.8. The summed E-state index contributed by atoms with van der Waals surface area (Å²) in [6.45, 7) is 4.19. The van der Waals surface area contributed by atoms with E-state index in [1.807, 2.05) is 32.0 Å². The summed E-state index contributed by atoms with van der Waals surface area (Å²) in [4.78, 5) is 38.6. The van der Waals surface area contributed by atoms with Crippen molar-refractivity contribution in [3.8, 4) is 0 Å². The van der Waals surface area contributed by atoms with Crippen LogP contribution in [0.5, 0.6) is 0 Å². The van der Waals surface area contributed by atoms with E-state index in [0.717, 1.165) is 23.2 Å². The van der Waals surface area contributed by atoms with Gasteiger partial charge in [0.05, 0.1) is 17.8 Å². The van der Waals surface area contributed by atoms with E-state index in [-0.39, 0.29) is 18.4 Å². The third-order valence-corrected chi connectivity index (χ3v) is 4.96. The van der Waals surface area contributed by atoms with E-state index in [9.17, 15) is 14.4 Å². The molecule has 0 spiro atoms. The summed E-state index contributed by atoms with van der Waals surface area (Å²) in [5.41, 5.74) is 3.44. The van der Waals surface area contributed by atoms with E-state index >= 15 is 0 Å². The van der Waals surface area contributed by atoms with Gasteiger partial charge in [0.15, 0.2) is 0 Å². The van der Waals surface area contributed by atoms with Crippen LogP contribution < -0.4 is 15.5 Å². The number of para-hydroxylation sites is 1. The van der Waals surface area contributed by atoms with Crippen LogP contribution in [-0.2, 0) is 9.59 Å². The van der Waals surface area contributed by atoms with Crippen LogP contribution in [0, 0.1) is 13.8 Å². The molecule has 1 aliphatic heterocycles. The Morgan fingerprint density at radius 3 is 2.50 bits per heavy atom. The number of rotatable bonds is 5. The van der Waals surface area contributed by atoms with Crippen LogP contribution in [0.15, 0.2) is 36.4 Å². The van der Waals surface area contributed by atoms with Gasteiger partial charge in [-0.3, -0.25) is 14.4 Å². The number of aryl methyl sites for hydroxylation is 2. The maximum atomic E-state index is 12.7. The SMILES string of the molecule is Cc1cccc(C)c1NC(=O)CNC(=O)c1ccc(Cl)cc1N1CCCC1=O. The van der Waals surface area contributed by atoms with E-state index < -0.39 is 5.91 Å². The highest BCUT2D eigenvalue weighted by molar-refractivity contribution is 6.31. The quantitative estimate of drug-likeness (QED) is 0.808. The average molecular weight is 400 g/mol. The number of carbonyl (C=O) groups is 3. The van der Waals surface area contributed by atoms with E-state index in [1.165, 1.54) is 0 Å². The number of nitrogens with zero attached hydrogens (tertiary/aromatic N) is 1. The molecule has 28 heavy (non-hydrogen) atoms. The number of hydrogen-bond donors (Lipinski definition) is 2. The van der Waals surface area contributed by atoms with Gasteiger partial charge in [-0.25, -0.2) is 0 Å². The second-order valence-electron chi connectivity index (χ2n) is 6.81. The summed E-state index contributed by atoms with van der Waals surface area (Å²) in [6.07, 6.45) is 1.19. The molecule has 2 aromatic carbocycles. The fraction of sp³-hybridized carbons (Fsp3) is 0.286. The zero-order chi connectivity index (χ0) is 20.3. The zero-order valence-corrected chi connectivity index (χ0v) is 16.6. The minimum Gasteiger partial charge on any atom is -0.343 e. The Morgan fingerprint density at radius 1 is 1.14 bits per heavy atom. The van der Waals surface area contributed by atoms with Crippen LogP contribution in [0.2, 0.25) is 5.02 Å². The molecule has 0 bridgehead atoms. The van der Waals surface area contributed by atoms with Crippen molar-refractivity contribution < 1.29 is 14.4 Å². The first-order chi connectivity index (χ1) is 13.4. The molecular formula is C21H22ClN3O3. The minimum atomic E-state index is -0.428. The van der Waals surface area contributed by atoms with Crippen molar-refractivity contribution in [3.05, 3.63) is 58.1 Å². The smallest absolute Gasteiger partial charge is 0.253 e. The first-order valence-corrected chi connectivity index (χ1v) is 9.49. The molecule has 0 aromatic heterocycles. The van der Waals surface area contributed by atoms with Crippen molar-refractivity contribution in [2.45, 2.75) is 26.7 Å². The molecule has 1 aliphatic rings. The van der Waals surface area contributed by atoms with Gasteiger partial charge in [0.25, 0.3) is 5.91 Å². The second kappa shape index (κ2) is 8.44. The lowest BCUT2D eigenvalue weighted by Crippen LogP contribution is -2.34. The molecular weight excluding hydrogens is 378 g/mol. The van der Waals surface area contributed by atoms with E-state index in [0.29, 0.717) is 29.2 Å². The highest BCUT2D eigenvalue weighted by Crippen LogP contribution is 2.28. The Morgan fingerprint density at radius 2 is 1.86 bits per heavy atom. The Labute approximate surface area is 168 Å². The van der Waals surface area contributed by atoms with Crippen LogP contribution in [0.25, 0.3) is 0 Å². The number of halogens is 1. The van der Waals surface area contributed by atoms with Crippen molar-refractivity contribution in [2.75, 3.05) is 23.3 Å². The maximum Gasteiger partial charge on any atom is 0.253 e. The number of nitrogens with one attached hydrogen (secondary N) is 2. The van der Waals surface area contributed by atoms with Crippen molar-refractivity contribution in [3.63, 3.8) is 0 Å². The highest BCUT2D eigenvalue weighted by Gasteiger charge is 2.26. The van der Waals surface area contributed by atoms with Crippen molar-refractivity contribution in [1.82, 2.24) is 5.32 Å². The van der Waals surface area contributed by atoms with Crippen LogP contribution in [0.4, 0.5) is 11.4 Å². The fourth-order valence-corrected chi connectivity index (χ4v) is 3.44. The lowest BCUT2D eigenvalue weighted by atomic mass is 10.1. The van der Waals surface area contributed by atoms with Crippen LogP contribution in [-0.4, -0.2) is 30.8 Å². The summed E-state index contributed by atoms with van der Waals surface area (Å²) in [5.74, 6) is -0.786. The summed E-state index contributed by atoms with van der Waals surface area (Å²) in [6, 6.07) is 10.5. The van der Waals surface area contributed by atoms with E-state index in [2.05, 4.69) is 10.6 Å². The first-order valence-electron chi connectivity index (χ1n) is 9.11. The van der Waals surface area contributed by atoms with E-state index in [4.69, 9.17) is 11.6 Å². The summed E-state index contributed by atoms with van der Waals surface area (Å²) >= 11 is 6.06. The molecule has 0 radical (unpaired) electrons. The van der Waals surface area contributed by atoms with Gasteiger partial charge in [0.1, 0.15) is 0 Å². The summed E-state index contributed by atoms with van der Waals surface area (Å²) in [7, 11) is 0. The summed E-state index contributed by atoms with van der Waals surface area (Å²) in [5, 5.41) is 5.90. The normalized spacial score (nSPS) is 13.5. The number of anilines is 2. The number of carbonyl (C=O) groups excluding carboxylic acids is 3. The van der Waals surface area contributed by atoms with Gasteiger partial charge < -0.3 is 15.5 Å². The molecule has 0 aliphatic carbocycles. The largest absolute Gasteiger partial charge is 0.343 e. The summed E-state index contributed by atoms with van der Waals surface area (Å²) < 4.78 is 0. The number of amides is 3. The first kappa shape index (κ1) is 19.9. The van der Waals surface area contributed by atoms with E-state index in [1.54, 1.807) is 23.1 Å². The lowest BCUT2D eigenvalue weighted by molar-refractivity contribution is -0.117. The van der Waals surface area contributed by atoms with Crippen LogP contribution in [0.3, 0.4) is 0 Å². The lowest BCUT2D eigenvalue weighted by Gasteiger charge is -2.20. The molecule has 2 N–H and O–H groups in total. The van der Waals surface area contributed by atoms with Crippen LogP contribution >= 0.6 is 11.6 Å². The van der Waals surface area contributed by atoms with Gasteiger partial charge in [0, 0.05) is 23.7 Å². The maximum absolute atomic E-state index is 12.7. The predicted octanol–water partition coefficient (Wildman–Crippen LogP) is 3.45. The van der Waals surface area contributed by atoms with Crippen molar-refractivity contribution in [2.24, 2.45) is 0 Å². The van der Waals surface area contributed by atoms with Crippen molar-refractivity contribution in [1.29, 1.82) is 0 Å². The predicted molar refractivity (Wildman–Crippen MR) is 110 cm³/mol. The van der Waals surface area contributed by atoms with Crippen molar-refractivity contribution >= 4 is 40.7 Å². The molecule has 0 unspecified atom stereocenters. The third kappa shape index (κ3) is 4.34. The van der Waals surface area contributed by atoms with Crippen LogP contribution in [0.1, 0.15) is 34.3 Å². The second-order valence-corrected chi connectivity index (χ2v) is 7.24. The molecule has 146 valence electrons. The number of hydrogen-bond acceptors (Lipinski definition) is 3. The fourth-order valence-electron chi connectivity index (χ4n) is 3.27. The molecule has 3 rings (SSSR count). The Balaban J connectivity index is 1.70. The molecule has 6 nitrogen and oxygen atoms in total. The van der Waals surface area contributed by atoms with Gasteiger partial charge in [-0.2, -0.15) is 0 Å². The molecule has 1 fully saturated rings. The van der Waals surface area contributed by atoms with Gasteiger partial charge in [-0.1, -0.05) is 29.8 Å². The third-order valence-electron chi connectivity index (χ3n) is 4.72. The standard InChI is InChI=1S/C21H22ClN3O3/c1-13-5-3-6-14(2)20(13)24-18(26)12-23-21(28)16-9-8-15(22)11-17(16)25-10-4-7-19(25)27/h3,5-6,8-9,11H,4,7,10,12H2,1-2H3,(H,23,28)(H,24,26). The molecule has 7 heteroatoms. The van der Waals surface area contributed by atoms with Gasteiger partial charge in [-0.15, -0.1) is 0 Å². The van der Waals surface area contributed by atoms with Gasteiger partial charge in [-0.05, 0) is 49.6 Å². The molecule has 3 amide bonds. The van der Waals surface area contributed by atoms with Gasteiger partial charge >= 0.3 is 0 Å². The molecule has 1 saturated heterocycles. The molecule has 1 heterocycles. The average Bonchev–Trinajstić information content (AvgIpc) is 3.08. The minimum absolute atomic E-state index is 0.0379. The Kier molecular flexibility index (Phi) is 5.99. The monoisotopic (exact) mass is 399 g/mol. The topological polar surface area (TPSA) is 78.5 Å². The Hall–Kier alpha value is -2.86.